The van der Waals surface area contributed by atoms with Crippen LogP contribution in [0.3, 0.4) is 0 Å². The van der Waals surface area contributed by atoms with Gasteiger partial charge in [0.05, 0.1) is 24.3 Å². The third kappa shape index (κ3) is 3.87. The van der Waals surface area contributed by atoms with Crippen LogP contribution in [0, 0.1) is 0 Å². The number of halogens is 1. The number of fused-ring (bicyclic) bond motifs is 1. The van der Waals surface area contributed by atoms with Crippen molar-refractivity contribution in [2.75, 3.05) is 33.3 Å². The SMILES string of the molecule is COC(=O)N1CCCN(C(=O)Cn2cnc3ccc(Br)cc3c2=O)CC1. The predicted octanol–water partition coefficient (Wildman–Crippen LogP) is 1.46. The summed E-state index contributed by atoms with van der Waals surface area (Å²) in [5.41, 5.74) is 0.334. The van der Waals surface area contributed by atoms with E-state index in [9.17, 15) is 14.4 Å². The van der Waals surface area contributed by atoms with Gasteiger partial charge in [-0.15, -0.1) is 0 Å². The molecule has 9 heteroatoms. The smallest absolute Gasteiger partial charge is 0.409 e. The number of aromatic nitrogens is 2. The second-order valence-corrected chi connectivity index (χ2v) is 6.95. The Morgan fingerprint density at radius 2 is 1.92 bits per heavy atom. The molecule has 0 unspecified atom stereocenters. The van der Waals surface area contributed by atoms with Crippen molar-refractivity contribution in [2.24, 2.45) is 0 Å². The number of rotatable bonds is 2. The molecule has 1 aromatic heterocycles. The molecule has 0 atom stereocenters. The van der Waals surface area contributed by atoms with Crippen LogP contribution < -0.4 is 5.56 Å². The van der Waals surface area contributed by atoms with Crippen molar-refractivity contribution in [1.29, 1.82) is 0 Å². The van der Waals surface area contributed by atoms with E-state index in [1.807, 2.05) is 6.07 Å². The summed E-state index contributed by atoms with van der Waals surface area (Å²) in [6.45, 7) is 1.83. The van der Waals surface area contributed by atoms with E-state index in [-0.39, 0.29) is 24.1 Å². The normalized spacial score (nSPS) is 15.0. The molecule has 1 aromatic carbocycles. The molecule has 3 rings (SSSR count). The van der Waals surface area contributed by atoms with Crippen molar-refractivity contribution < 1.29 is 14.3 Å². The predicted molar refractivity (Wildman–Crippen MR) is 98.9 cm³/mol. The summed E-state index contributed by atoms with van der Waals surface area (Å²) >= 11 is 3.34. The van der Waals surface area contributed by atoms with Crippen molar-refractivity contribution in [1.82, 2.24) is 19.4 Å². The Labute approximate surface area is 158 Å². The Balaban J connectivity index is 1.74. The molecular weight excluding hydrogens is 404 g/mol. The Bertz CT molecular complexity index is 898. The number of methoxy groups -OCH3 is 1. The molecule has 0 bridgehead atoms. The first-order valence-corrected chi connectivity index (χ1v) is 9.04. The van der Waals surface area contributed by atoms with Gasteiger partial charge in [-0.05, 0) is 24.6 Å². The third-order valence-corrected chi connectivity index (χ3v) is 4.87. The lowest BCUT2D eigenvalue weighted by molar-refractivity contribution is -0.131. The van der Waals surface area contributed by atoms with E-state index in [1.54, 1.807) is 21.9 Å². The number of ether oxygens (including phenoxy) is 1. The highest BCUT2D eigenvalue weighted by molar-refractivity contribution is 9.10. The van der Waals surface area contributed by atoms with Crippen LogP contribution in [0.15, 0.2) is 33.8 Å². The van der Waals surface area contributed by atoms with E-state index >= 15 is 0 Å². The van der Waals surface area contributed by atoms with E-state index in [1.165, 1.54) is 18.0 Å². The maximum absolute atomic E-state index is 12.6. The van der Waals surface area contributed by atoms with E-state index in [0.29, 0.717) is 43.5 Å². The van der Waals surface area contributed by atoms with E-state index in [4.69, 9.17) is 4.74 Å². The molecule has 138 valence electrons. The number of carbonyl (C=O) groups is 2. The molecule has 8 nitrogen and oxygen atoms in total. The standard InChI is InChI=1S/C17H19BrN4O4/c1-26-17(25)21-6-2-5-20(7-8-21)15(23)10-22-11-19-14-4-3-12(18)9-13(14)16(22)24/h3-4,9,11H,2,5-8,10H2,1H3. The van der Waals surface area contributed by atoms with Crippen molar-refractivity contribution in [2.45, 2.75) is 13.0 Å². The van der Waals surface area contributed by atoms with Crippen LogP contribution in [0.25, 0.3) is 10.9 Å². The molecule has 2 amide bonds. The van der Waals surface area contributed by atoms with Gasteiger partial charge in [-0.1, -0.05) is 15.9 Å². The van der Waals surface area contributed by atoms with Gasteiger partial charge in [-0.25, -0.2) is 9.78 Å². The number of nitrogens with zero attached hydrogens (tertiary/aromatic N) is 4. The van der Waals surface area contributed by atoms with Gasteiger partial charge in [-0.2, -0.15) is 0 Å². The highest BCUT2D eigenvalue weighted by atomic mass is 79.9. The van der Waals surface area contributed by atoms with Crippen molar-refractivity contribution in [3.05, 3.63) is 39.4 Å². The first-order chi connectivity index (χ1) is 12.5. The molecule has 0 spiro atoms. The number of hydrogen-bond donors (Lipinski definition) is 0. The van der Waals surface area contributed by atoms with Gasteiger partial charge in [0.15, 0.2) is 0 Å². The summed E-state index contributed by atoms with van der Waals surface area (Å²) in [7, 11) is 1.34. The average Bonchev–Trinajstić information content (AvgIpc) is 2.90. The molecule has 0 N–H and O–H groups in total. The molecule has 1 saturated heterocycles. The van der Waals surface area contributed by atoms with Crippen LogP contribution >= 0.6 is 15.9 Å². The first-order valence-electron chi connectivity index (χ1n) is 8.25. The number of benzene rings is 1. The lowest BCUT2D eigenvalue weighted by Gasteiger charge is -2.21. The Kier molecular flexibility index (Phi) is 5.55. The fourth-order valence-corrected chi connectivity index (χ4v) is 3.33. The first kappa shape index (κ1) is 18.4. The Morgan fingerprint density at radius 3 is 2.69 bits per heavy atom. The largest absolute Gasteiger partial charge is 0.453 e. The molecule has 1 aliphatic heterocycles. The van der Waals surface area contributed by atoms with Crippen LogP contribution in [0.5, 0.6) is 0 Å². The minimum atomic E-state index is -0.389. The minimum Gasteiger partial charge on any atom is -0.453 e. The molecular formula is C17H19BrN4O4. The van der Waals surface area contributed by atoms with Gasteiger partial charge in [0.25, 0.3) is 5.56 Å². The van der Waals surface area contributed by atoms with Gasteiger partial charge >= 0.3 is 6.09 Å². The maximum Gasteiger partial charge on any atom is 0.409 e. The number of carbonyl (C=O) groups excluding carboxylic acids is 2. The monoisotopic (exact) mass is 422 g/mol. The second-order valence-electron chi connectivity index (χ2n) is 6.03. The van der Waals surface area contributed by atoms with Crippen LogP contribution in [-0.4, -0.2) is 64.6 Å². The second kappa shape index (κ2) is 7.86. The summed E-state index contributed by atoms with van der Waals surface area (Å²) in [5.74, 6) is -0.171. The van der Waals surface area contributed by atoms with Gasteiger partial charge in [0.1, 0.15) is 6.54 Å². The quantitative estimate of drug-likeness (QED) is 0.731. The average molecular weight is 423 g/mol. The fraction of sp³-hybridized carbons (Fsp3) is 0.412. The number of amides is 2. The van der Waals surface area contributed by atoms with Crippen LogP contribution in [0.4, 0.5) is 4.79 Å². The molecule has 0 saturated carbocycles. The highest BCUT2D eigenvalue weighted by Gasteiger charge is 2.22. The van der Waals surface area contributed by atoms with Gasteiger partial charge in [0.2, 0.25) is 5.91 Å². The minimum absolute atomic E-state index is 0.0769. The fourth-order valence-electron chi connectivity index (χ4n) is 2.97. The molecule has 1 fully saturated rings. The van der Waals surface area contributed by atoms with Crippen LogP contribution in [0.1, 0.15) is 6.42 Å². The number of hydrogen-bond acceptors (Lipinski definition) is 5. The summed E-state index contributed by atoms with van der Waals surface area (Å²) in [6.07, 6.45) is 1.67. The zero-order valence-corrected chi connectivity index (χ0v) is 15.9. The summed E-state index contributed by atoms with van der Waals surface area (Å²) in [5, 5.41) is 0.461. The summed E-state index contributed by atoms with van der Waals surface area (Å²) in [6, 6.07) is 5.27. The van der Waals surface area contributed by atoms with E-state index in [2.05, 4.69) is 20.9 Å². The maximum atomic E-state index is 12.6. The third-order valence-electron chi connectivity index (χ3n) is 4.37. The van der Waals surface area contributed by atoms with Crippen LogP contribution in [0.2, 0.25) is 0 Å². The van der Waals surface area contributed by atoms with Gasteiger partial charge < -0.3 is 14.5 Å². The summed E-state index contributed by atoms with van der Waals surface area (Å²) in [4.78, 5) is 44.3. The zero-order chi connectivity index (χ0) is 18.7. The molecule has 2 heterocycles. The van der Waals surface area contributed by atoms with Crippen molar-refractivity contribution in [3.8, 4) is 0 Å². The topological polar surface area (TPSA) is 84.7 Å². The molecule has 1 aliphatic rings. The molecule has 26 heavy (non-hydrogen) atoms. The zero-order valence-electron chi connectivity index (χ0n) is 14.4. The molecule has 2 aromatic rings. The Morgan fingerprint density at radius 1 is 1.19 bits per heavy atom. The van der Waals surface area contributed by atoms with Crippen molar-refractivity contribution >= 4 is 38.8 Å². The lowest BCUT2D eigenvalue weighted by Crippen LogP contribution is -2.40. The van der Waals surface area contributed by atoms with Crippen LogP contribution in [-0.2, 0) is 16.1 Å². The summed E-state index contributed by atoms with van der Waals surface area (Å²) < 4.78 is 6.83. The highest BCUT2D eigenvalue weighted by Crippen LogP contribution is 2.15. The van der Waals surface area contributed by atoms with Gasteiger partial charge in [-0.3, -0.25) is 14.2 Å². The lowest BCUT2D eigenvalue weighted by atomic mass is 10.2. The van der Waals surface area contributed by atoms with Crippen molar-refractivity contribution in [3.63, 3.8) is 0 Å². The Hall–Kier alpha value is -2.42. The van der Waals surface area contributed by atoms with E-state index in [0.717, 1.165) is 4.47 Å². The van der Waals surface area contributed by atoms with E-state index < -0.39 is 0 Å². The van der Waals surface area contributed by atoms with Gasteiger partial charge in [0, 0.05) is 30.7 Å². The molecule has 0 radical (unpaired) electrons. The molecule has 0 aliphatic carbocycles.